The van der Waals surface area contributed by atoms with Gasteiger partial charge in [0.15, 0.2) is 5.13 Å². The van der Waals surface area contributed by atoms with Gasteiger partial charge in [-0.05, 0) is 18.2 Å². The van der Waals surface area contributed by atoms with Crippen molar-refractivity contribution in [3.8, 4) is 5.75 Å². The lowest BCUT2D eigenvalue weighted by molar-refractivity contribution is -0.120. The molecule has 1 heterocycles. The summed E-state index contributed by atoms with van der Waals surface area (Å²) >= 11 is 1.24. The molecule has 0 unspecified atom stereocenters. The van der Waals surface area contributed by atoms with Crippen molar-refractivity contribution in [1.29, 1.82) is 0 Å². The number of carbonyl (C=O) groups is 2. The Kier molecular flexibility index (Phi) is 4.31. The van der Waals surface area contributed by atoms with Crippen LogP contribution in [-0.2, 0) is 11.2 Å². The van der Waals surface area contributed by atoms with Gasteiger partial charge >= 0.3 is 0 Å². The second-order valence-corrected chi connectivity index (χ2v) is 4.86. The zero-order chi connectivity index (χ0) is 14.5. The fourth-order valence-corrected chi connectivity index (χ4v) is 2.22. The van der Waals surface area contributed by atoms with E-state index in [-0.39, 0.29) is 24.0 Å². The highest BCUT2D eigenvalue weighted by Gasteiger charge is 2.11. The Morgan fingerprint density at radius 2 is 2.20 bits per heavy atom. The molecule has 1 aromatic heterocycles. The maximum atomic E-state index is 11.9. The van der Waals surface area contributed by atoms with Crippen LogP contribution in [-0.4, -0.2) is 29.0 Å². The molecule has 0 atom stereocenters. The number of likely N-dealkylation sites (N-methyl/N-ethyl adjacent to an activating group) is 1. The number of rotatable bonds is 4. The number of aromatic nitrogens is 1. The van der Waals surface area contributed by atoms with Crippen molar-refractivity contribution in [1.82, 2.24) is 10.3 Å². The lowest BCUT2D eigenvalue weighted by Crippen LogP contribution is -2.20. The minimum atomic E-state index is -0.359. The molecule has 3 N–H and O–H groups in total. The summed E-state index contributed by atoms with van der Waals surface area (Å²) in [5.41, 5.74) is 0.939. The number of nitrogens with zero attached hydrogens (tertiary/aromatic N) is 1. The first-order chi connectivity index (χ1) is 9.58. The Balaban J connectivity index is 2.03. The molecule has 6 nitrogen and oxygen atoms in total. The van der Waals surface area contributed by atoms with Crippen molar-refractivity contribution in [3.05, 3.63) is 40.9 Å². The van der Waals surface area contributed by atoms with E-state index in [1.807, 2.05) is 0 Å². The van der Waals surface area contributed by atoms with Crippen molar-refractivity contribution in [2.24, 2.45) is 0 Å². The third-order valence-corrected chi connectivity index (χ3v) is 3.31. The standard InChI is InChI=1S/C13H13N3O3S/c1-14-11(18)6-9-7-20-13(15-9)16-12(19)8-3-2-4-10(17)5-8/h2-5,7,17H,6H2,1H3,(H,14,18)(H,15,16,19). The van der Waals surface area contributed by atoms with Crippen LogP contribution in [0.5, 0.6) is 5.75 Å². The van der Waals surface area contributed by atoms with Crippen LogP contribution < -0.4 is 10.6 Å². The molecular formula is C13H13N3O3S. The number of anilines is 1. The predicted molar refractivity (Wildman–Crippen MR) is 75.9 cm³/mol. The molecule has 0 aliphatic carbocycles. The molecule has 0 spiro atoms. The van der Waals surface area contributed by atoms with Gasteiger partial charge in [0.1, 0.15) is 5.75 Å². The largest absolute Gasteiger partial charge is 0.508 e. The van der Waals surface area contributed by atoms with Crippen molar-refractivity contribution < 1.29 is 14.7 Å². The van der Waals surface area contributed by atoms with Gasteiger partial charge in [0, 0.05) is 18.0 Å². The first-order valence-corrected chi connectivity index (χ1v) is 6.72. The smallest absolute Gasteiger partial charge is 0.257 e. The van der Waals surface area contributed by atoms with Crippen LogP contribution in [0.15, 0.2) is 29.6 Å². The molecule has 20 heavy (non-hydrogen) atoms. The molecule has 104 valence electrons. The molecule has 1 aromatic carbocycles. The van der Waals surface area contributed by atoms with Crippen LogP contribution in [0.4, 0.5) is 5.13 Å². The van der Waals surface area contributed by atoms with E-state index in [0.29, 0.717) is 16.4 Å². The lowest BCUT2D eigenvalue weighted by Gasteiger charge is -2.02. The third-order valence-electron chi connectivity index (χ3n) is 2.50. The van der Waals surface area contributed by atoms with E-state index in [2.05, 4.69) is 15.6 Å². The lowest BCUT2D eigenvalue weighted by atomic mass is 10.2. The molecule has 0 bridgehead atoms. The number of thiazole rings is 1. The minimum absolute atomic E-state index is 0.0251. The average molecular weight is 291 g/mol. The van der Waals surface area contributed by atoms with Gasteiger partial charge in [0.25, 0.3) is 5.91 Å². The second-order valence-electron chi connectivity index (χ2n) is 4.00. The van der Waals surface area contributed by atoms with E-state index in [0.717, 1.165) is 0 Å². The minimum Gasteiger partial charge on any atom is -0.508 e. The molecule has 2 aromatic rings. The third kappa shape index (κ3) is 3.55. The van der Waals surface area contributed by atoms with Gasteiger partial charge in [-0.25, -0.2) is 4.98 Å². The van der Waals surface area contributed by atoms with E-state index >= 15 is 0 Å². The van der Waals surface area contributed by atoms with Crippen LogP contribution >= 0.6 is 11.3 Å². The fraction of sp³-hybridized carbons (Fsp3) is 0.154. The van der Waals surface area contributed by atoms with Crippen LogP contribution in [0.1, 0.15) is 16.1 Å². The van der Waals surface area contributed by atoms with Crippen LogP contribution in [0.3, 0.4) is 0 Å². The zero-order valence-corrected chi connectivity index (χ0v) is 11.5. The molecule has 0 aliphatic rings. The molecule has 0 aliphatic heterocycles. The van der Waals surface area contributed by atoms with Gasteiger partial charge < -0.3 is 10.4 Å². The summed E-state index contributed by atoms with van der Waals surface area (Å²) in [7, 11) is 1.55. The Hall–Kier alpha value is -2.41. The Morgan fingerprint density at radius 1 is 1.40 bits per heavy atom. The Bertz CT molecular complexity index is 639. The molecule has 2 rings (SSSR count). The molecular weight excluding hydrogens is 278 g/mol. The summed E-state index contributed by atoms with van der Waals surface area (Å²) in [6.07, 6.45) is 0.176. The molecule has 7 heteroatoms. The summed E-state index contributed by atoms with van der Waals surface area (Å²) < 4.78 is 0. The first kappa shape index (κ1) is 14.0. The van der Waals surface area contributed by atoms with E-state index in [9.17, 15) is 14.7 Å². The maximum absolute atomic E-state index is 11.9. The summed E-state index contributed by atoms with van der Waals surface area (Å²) in [6, 6.07) is 6.03. The number of phenolic OH excluding ortho intramolecular Hbond substituents is 1. The van der Waals surface area contributed by atoms with Gasteiger partial charge in [0.2, 0.25) is 5.91 Å². The van der Waals surface area contributed by atoms with Crippen molar-refractivity contribution in [3.63, 3.8) is 0 Å². The van der Waals surface area contributed by atoms with E-state index in [1.54, 1.807) is 24.6 Å². The van der Waals surface area contributed by atoms with Gasteiger partial charge in [-0.2, -0.15) is 0 Å². The number of aromatic hydroxyl groups is 1. The quantitative estimate of drug-likeness (QED) is 0.794. The maximum Gasteiger partial charge on any atom is 0.257 e. The van der Waals surface area contributed by atoms with Crippen LogP contribution in [0.25, 0.3) is 0 Å². The predicted octanol–water partition coefficient (Wildman–Crippen LogP) is 1.39. The highest BCUT2D eigenvalue weighted by molar-refractivity contribution is 7.14. The molecule has 0 saturated carbocycles. The summed E-state index contributed by atoms with van der Waals surface area (Å²) in [4.78, 5) is 27.3. The van der Waals surface area contributed by atoms with E-state index in [4.69, 9.17) is 0 Å². The van der Waals surface area contributed by atoms with Gasteiger partial charge in [-0.3, -0.25) is 14.9 Å². The van der Waals surface area contributed by atoms with Gasteiger partial charge in [0.05, 0.1) is 12.1 Å². The monoisotopic (exact) mass is 291 g/mol. The van der Waals surface area contributed by atoms with Gasteiger partial charge in [-0.15, -0.1) is 11.3 Å². The highest BCUT2D eigenvalue weighted by Crippen LogP contribution is 2.18. The fourth-order valence-electron chi connectivity index (χ4n) is 1.51. The molecule has 0 fully saturated rings. The van der Waals surface area contributed by atoms with E-state index < -0.39 is 0 Å². The topological polar surface area (TPSA) is 91.3 Å². The van der Waals surface area contributed by atoms with Crippen LogP contribution in [0.2, 0.25) is 0 Å². The Morgan fingerprint density at radius 3 is 2.90 bits per heavy atom. The number of carbonyl (C=O) groups excluding carboxylic acids is 2. The van der Waals surface area contributed by atoms with Crippen molar-refractivity contribution in [2.45, 2.75) is 6.42 Å². The normalized spacial score (nSPS) is 10.1. The zero-order valence-electron chi connectivity index (χ0n) is 10.7. The molecule has 0 saturated heterocycles. The molecule has 2 amide bonds. The number of amides is 2. The SMILES string of the molecule is CNC(=O)Cc1csc(NC(=O)c2cccc(O)c2)n1. The number of hydrogen-bond donors (Lipinski definition) is 3. The summed E-state index contributed by atoms with van der Waals surface area (Å²) in [5, 5.41) is 16.6. The van der Waals surface area contributed by atoms with Crippen LogP contribution in [0, 0.1) is 0 Å². The van der Waals surface area contributed by atoms with Crippen molar-refractivity contribution in [2.75, 3.05) is 12.4 Å². The summed E-state index contributed by atoms with van der Waals surface area (Å²) in [5.74, 6) is -0.472. The number of hydrogen-bond acceptors (Lipinski definition) is 5. The number of benzene rings is 1. The van der Waals surface area contributed by atoms with Gasteiger partial charge in [-0.1, -0.05) is 6.07 Å². The highest BCUT2D eigenvalue weighted by atomic mass is 32.1. The molecule has 0 radical (unpaired) electrons. The van der Waals surface area contributed by atoms with Crippen molar-refractivity contribution >= 4 is 28.3 Å². The Labute approximate surface area is 119 Å². The first-order valence-electron chi connectivity index (χ1n) is 5.84. The number of phenols is 1. The summed E-state index contributed by atoms with van der Waals surface area (Å²) in [6.45, 7) is 0. The average Bonchev–Trinajstić information content (AvgIpc) is 2.85. The second kappa shape index (κ2) is 6.16. The number of nitrogens with one attached hydrogen (secondary N) is 2. The van der Waals surface area contributed by atoms with E-state index in [1.165, 1.54) is 23.5 Å².